The maximum absolute atomic E-state index is 14.7. The predicted molar refractivity (Wildman–Crippen MR) is 114 cm³/mol. The van der Waals surface area contributed by atoms with Gasteiger partial charge in [-0.15, -0.1) is 0 Å². The summed E-state index contributed by atoms with van der Waals surface area (Å²) in [4.78, 5) is 27.9. The molecule has 0 fully saturated rings. The Bertz CT molecular complexity index is 1090. The number of imidazole rings is 1. The van der Waals surface area contributed by atoms with Gasteiger partial charge in [0, 0.05) is 25.6 Å². The Morgan fingerprint density at radius 1 is 1.13 bits per heavy atom. The van der Waals surface area contributed by atoms with Crippen LogP contribution >= 0.6 is 0 Å². The fourth-order valence-corrected chi connectivity index (χ4v) is 3.18. The molecule has 3 aromatic rings. The lowest BCUT2D eigenvalue weighted by molar-refractivity contribution is -0.142. The van der Waals surface area contributed by atoms with E-state index in [1.165, 1.54) is 13.0 Å². The lowest BCUT2D eigenvalue weighted by Gasteiger charge is -2.19. The minimum Gasteiger partial charge on any atom is -0.461 e. The van der Waals surface area contributed by atoms with Gasteiger partial charge in [-0.2, -0.15) is 0 Å². The van der Waals surface area contributed by atoms with Gasteiger partial charge in [0.1, 0.15) is 23.8 Å². The summed E-state index contributed by atoms with van der Waals surface area (Å²) < 4.78 is 26.9. The van der Waals surface area contributed by atoms with Gasteiger partial charge < -0.3 is 14.8 Å². The van der Waals surface area contributed by atoms with E-state index in [4.69, 9.17) is 9.47 Å². The van der Waals surface area contributed by atoms with Gasteiger partial charge in [-0.05, 0) is 45.0 Å². The van der Waals surface area contributed by atoms with Crippen LogP contribution in [-0.2, 0) is 27.3 Å². The molecule has 1 aromatic heterocycles. The number of carbonyl (C=O) groups excluding carboxylic acids is 2. The third-order valence-electron chi connectivity index (χ3n) is 4.39. The molecule has 1 amide bonds. The fourth-order valence-electron chi connectivity index (χ4n) is 3.18. The fraction of sp³-hybridized carbons (Fsp3) is 0.348. The van der Waals surface area contributed by atoms with Gasteiger partial charge >= 0.3 is 12.1 Å². The van der Waals surface area contributed by atoms with Gasteiger partial charge in [0.2, 0.25) is 0 Å². The minimum atomic E-state index is -0.593. The van der Waals surface area contributed by atoms with E-state index in [1.54, 1.807) is 26.8 Å². The smallest absolute Gasteiger partial charge is 0.407 e. The number of nitrogens with one attached hydrogen (secondary N) is 1. The largest absolute Gasteiger partial charge is 0.461 e. The third-order valence-corrected chi connectivity index (χ3v) is 4.39. The molecule has 0 aliphatic heterocycles. The number of ether oxygens (including phenoxy) is 2. The quantitative estimate of drug-likeness (QED) is 0.594. The van der Waals surface area contributed by atoms with Crippen LogP contribution in [-0.4, -0.2) is 33.8 Å². The molecule has 0 unspecified atom stereocenters. The predicted octanol–water partition coefficient (Wildman–Crippen LogP) is 4.29. The topological polar surface area (TPSA) is 82.4 Å². The maximum atomic E-state index is 14.7. The van der Waals surface area contributed by atoms with Crippen molar-refractivity contribution < 1.29 is 23.5 Å². The molecule has 0 saturated carbocycles. The Morgan fingerprint density at radius 3 is 2.48 bits per heavy atom. The van der Waals surface area contributed by atoms with Crippen LogP contribution in [0.3, 0.4) is 0 Å². The Hall–Kier alpha value is -3.42. The van der Waals surface area contributed by atoms with Gasteiger partial charge in [-0.25, -0.2) is 14.2 Å². The van der Waals surface area contributed by atoms with Crippen molar-refractivity contribution in [2.75, 3.05) is 6.54 Å². The number of alkyl carbamates (subject to hydrolysis) is 1. The van der Waals surface area contributed by atoms with Gasteiger partial charge in [0.05, 0.1) is 16.6 Å². The van der Waals surface area contributed by atoms with E-state index in [9.17, 15) is 14.0 Å². The summed E-state index contributed by atoms with van der Waals surface area (Å²) in [6.07, 6.45) is -0.131. The molecule has 2 aromatic carbocycles. The van der Waals surface area contributed by atoms with Gasteiger partial charge in [-0.1, -0.05) is 18.2 Å². The second kappa shape index (κ2) is 9.16. The highest BCUT2D eigenvalue weighted by atomic mass is 19.1. The zero-order valence-corrected chi connectivity index (χ0v) is 18.1. The van der Waals surface area contributed by atoms with Crippen LogP contribution in [0.5, 0.6) is 0 Å². The van der Waals surface area contributed by atoms with Crippen molar-refractivity contribution in [1.29, 1.82) is 0 Å². The number of hydrogen-bond acceptors (Lipinski definition) is 5. The van der Waals surface area contributed by atoms with Crippen molar-refractivity contribution in [3.63, 3.8) is 0 Å². The number of rotatable bonds is 6. The number of para-hydroxylation sites is 1. The second-order valence-corrected chi connectivity index (χ2v) is 8.05. The van der Waals surface area contributed by atoms with Crippen molar-refractivity contribution >= 4 is 23.1 Å². The van der Waals surface area contributed by atoms with E-state index < -0.39 is 23.5 Å². The first kappa shape index (κ1) is 22.3. The molecule has 164 valence electrons. The van der Waals surface area contributed by atoms with E-state index in [1.807, 2.05) is 34.9 Å². The maximum Gasteiger partial charge on any atom is 0.407 e. The lowest BCUT2D eigenvalue weighted by Crippen LogP contribution is -2.33. The molecule has 0 saturated heterocycles. The molecule has 1 heterocycles. The number of esters is 1. The number of amides is 1. The second-order valence-electron chi connectivity index (χ2n) is 8.05. The first-order chi connectivity index (χ1) is 14.7. The summed E-state index contributed by atoms with van der Waals surface area (Å²) in [6.45, 7) is 6.74. The Labute approximate surface area is 180 Å². The molecule has 7 nitrogen and oxygen atoms in total. The molecule has 0 aliphatic carbocycles. The molecular formula is C23H26FN3O4. The van der Waals surface area contributed by atoms with E-state index in [-0.39, 0.29) is 18.7 Å². The zero-order valence-electron chi connectivity index (χ0n) is 18.1. The molecule has 0 atom stereocenters. The highest BCUT2D eigenvalue weighted by Gasteiger charge is 2.20. The van der Waals surface area contributed by atoms with Gasteiger partial charge in [0.25, 0.3) is 0 Å². The van der Waals surface area contributed by atoms with Crippen LogP contribution in [0.1, 0.15) is 39.1 Å². The van der Waals surface area contributed by atoms with E-state index in [2.05, 4.69) is 10.3 Å². The van der Waals surface area contributed by atoms with Crippen LogP contribution < -0.4 is 5.32 Å². The molecule has 0 bridgehead atoms. The number of nitrogens with zero attached hydrogens (tertiary/aromatic N) is 2. The molecule has 3 rings (SSSR count). The molecule has 1 N–H and O–H groups in total. The number of carbonyl (C=O) groups is 2. The van der Waals surface area contributed by atoms with Crippen LogP contribution in [0.15, 0.2) is 42.5 Å². The van der Waals surface area contributed by atoms with Crippen LogP contribution in [0.25, 0.3) is 16.7 Å². The summed E-state index contributed by atoms with van der Waals surface area (Å²) in [5, 5.41) is 2.72. The molecule has 0 aliphatic rings. The number of fused-ring (bicyclic) bond motifs is 1. The lowest BCUT2D eigenvalue weighted by atomic mass is 10.1. The van der Waals surface area contributed by atoms with E-state index in [0.29, 0.717) is 23.3 Å². The number of benzene rings is 2. The average Bonchev–Trinajstić information content (AvgIpc) is 3.05. The van der Waals surface area contributed by atoms with Crippen molar-refractivity contribution in [3.8, 4) is 5.69 Å². The summed E-state index contributed by atoms with van der Waals surface area (Å²) in [7, 11) is 0. The normalized spacial score (nSPS) is 11.4. The summed E-state index contributed by atoms with van der Waals surface area (Å²) in [5.41, 5.74) is 1.53. The van der Waals surface area contributed by atoms with Crippen molar-refractivity contribution in [1.82, 2.24) is 14.9 Å². The molecule has 8 heteroatoms. The van der Waals surface area contributed by atoms with E-state index in [0.717, 1.165) is 5.69 Å². The molecule has 0 spiro atoms. The van der Waals surface area contributed by atoms with Crippen LogP contribution in [0.4, 0.5) is 9.18 Å². The van der Waals surface area contributed by atoms with Crippen LogP contribution in [0, 0.1) is 5.82 Å². The summed E-state index contributed by atoms with van der Waals surface area (Å²) in [5.74, 6) is -0.347. The number of halogens is 1. The van der Waals surface area contributed by atoms with Crippen molar-refractivity contribution in [3.05, 3.63) is 59.7 Å². The molecule has 0 radical (unpaired) electrons. The Morgan fingerprint density at radius 2 is 1.84 bits per heavy atom. The molecule has 31 heavy (non-hydrogen) atoms. The average molecular weight is 427 g/mol. The zero-order chi connectivity index (χ0) is 22.6. The highest BCUT2D eigenvalue weighted by molar-refractivity contribution is 5.82. The van der Waals surface area contributed by atoms with Gasteiger partial charge in [-0.3, -0.25) is 9.36 Å². The SMILES string of the molecule is CC(=O)OCc1c(F)ccc2nc(CCNC(=O)OC(C)(C)C)n(-c3ccccc3)c12. The van der Waals surface area contributed by atoms with Crippen LogP contribution in [0.2, 0.25) is 0 Å². The monoisotopic (exact) mass is 427 g/mol. The van der Waals surface area contributed by atoms with Crippen molar-refractivity contribution in [2.24, 2.45) is 0 Å². The highest BCUT2D eigenvalue weighted by Crippen LogP contribution is 2.27. The number of hydrogen-bond donors (Lipinski definition) is 1. The van der Waals surface area contributed by atoms with E-state index >= 15 is 0 Å². The standard InChI is InChI=1S/C23H26FN3O4/c1-15(28)30-14-17-18(24)10-11-19-21(17)27(16-8-6-5-7-9-16)20(26-19)12-13-25-22(29)31-23(2,3)4/h5-11H,12-14H2,1-4H3,(H,25,29). The van der Waals surface area contributed by atoms with Crippen molar-refractivity contribution in [2.45, 2.75) is 46.3 Å². The summed E-state index contributed by atoms with van der Waals surface area (Å²) >= 11 is 0. The number of aromatic nitrogens is 2. The first-order valence-electron chi connectivity index (χ1n) is 10.00. The van der Waals surface area contributed by atoms with Gasteiger partial charge in [0.15, 0.2) is 0 Å². The third kappa shape index (κ3) is 5.59. The summed E-state index contributed by atoms with van der Waals surface area (Å²) in [6, 6.07) is 12.3. The molecular weight excluding hydrogens is 401 g/mol. The Balaban J connectivity index is 1.98. The Kier molecular flexibility index (Phi) is 6.58. The minimum absolute atomic E-state index is 0.202. The first-order valence-corrected chi connectivity index (χ1v) is 10.00.